The molecule has 0 aliphatic rings. The van der Waals surface area contributed by atoms with E-state index in [9.17, 15) is 31.9 Å². The van der Waals surface area contributed by atoms with Crippen molar-refractivity contribution in [1.82, 2.24) is 9.55 Å². The van der Waals surface area contributed by atoms with Gasteiger partial charge in [0, 0.05) is 6.07 Å². The third-order valence-corrected chi connectivity index (χ3v) is 3.38. The van der Waals surface area contributed by atoms with Gasteiger partial charge in [0.25, 0.3) is 5.56 Å². The number of halogens is 5. The summed E-state index contributed by atoms with van der Waals surface area (Å²) in [7, 11) is 0. The monoisotopic (exact) mass is 392 g/mol. The number of rotatable bonds is 4. The molecule has 0 unspecified atom stereocenters. The summed E-state index contributed by atoms with van der Waals surface area (Å²) in [4.78, 5) is 37.1. The molecule has 0 atom stereocenters. The predicted molar refractivity (Wildman–Crippen MR) is 83.1 cm³/mol. The van der Waals surface area contributed by atoms with Crippen molar-refractivity contribution in [2.75, 3.05) is 6.61 Å². The first-order chi connectivity index (χ1) is 12.1. The van der Waals surface area contributed by atoms with Crippen LogP contribution >= 0.6 is 11.6 Å². The van der Waals surface area contributed by atoms with E-state index in [1.165, 1.54) is 11.1 Å². The number of nitrogens with zero attached hydrogens (tertiary/aromatic N) is 1. The minimum absolute atomic E-state index is 0.0884. The average molecular weight is 393 g/mol. The molecule has 1 N–H and O–H groups in total. The summed E-state index contributed by atoms with van der Waals surface area (Å²) in [5, 5.41) is -0.378. The molecule has 0 radical (unpaired) electrons. The number of aromatic amines is 1. The Hall–Kier alpha value is -2.88. The minimum atomic E-state index is -4.98. The van der Waals surface area contributed by atoms with Crippen LogP contribution in [0.5, 0.6) is 0 Å². The Balaban J connectivity index is 2.66. The molecule has 2 rings (SSSR count). The van der Waals surface area contributed by atoms with Gasteiger partial charge in [0.2, 0.25) is 0 Å². The van der Waals surface area contributed by atoms with E-state index in [2.05, 4.69) is 6.58 Å². The Kier molecular flexibility index (Phi) is 5.36. The fraction of sp³-hybridized carbons (Fsp3) is 0.133. The van der Waals surface area contributed by atoms with E-state index in [0.717, 1.165) is 6.07 Å². The van der Waals surface area contributed by atoms with Gasteiger partial charge in [-0.25, -0.2) is 18.5 Å². The van der Waals surface area contributed by atoms with Gasteiger partial charge in [-0.05, 0) is 12.1 Å². The summed E-state index contributed by atoms with van der Waals surface area (Å²) in [6.45, 7) is 3.13. The second-order valence-electron chi connectivity index (χ2n) is 4.83. The SMILES string of the molecule is C=CCOC(=O)c1cc(-n2c(=O)cc(C(F)(F)F)[nH]c2=O)c(F)cc1Cl. The van der Waals surface area contributed by atoms with Crippen LogP contribution < -0.4 is 11.2 Å². The molecule has 26 heavy (non-hydrogen) atoms. The van der Waals surface area contributed by atoms with Crippen molar-refractivity contribution >= 4 is 17.6 Å². The van der Waals surface area contributed by atoms with Gasteiger partial charge in [-0.1, -0.05) is 24.3 Å². The number of ether oxygens (including phenoxy) is 1. The normalized spacial score (nSPS) is 11.3. The molecular formula is C15H9ClF4N2O4. The van der Waals surface area contributed by atoms with Crippen molar-refractivity contribution in [1.29, 1.82) is 0 Å². The lowest BCUT2D eigenvalue weighted by molar-refractivity contribution is -0.141. The Labute approximate surface area is 147 Å². The van der Waals surface area contributed by atoms with Gasteiger partial charge in [-0.15, -0.1) is 0 Å². The van der Waals surface area contributed by atoms with Crippen LogP contribution in [0.2, 0.25) is 5.02 Å². The molecule has 0 spiro atoms. The first-order valence-electron chi connectivity index (χ1n) is 6.77. The lowest BCUT2D eigenvalue weighted by Gasteiger charge is -2.11. The Morgan fingerprint density at radius 1 is 1.31 bits per heavy atom. The Morgan fingerprint density at radius 2 is 1.96 bits per heavy atom. The molecule has 6 nitrogen and oxygen atoms in total. The number of benzene rings is 1. The smallest absolute Gasteiger partial charge is 0.431 e. The molecule has 2 aromatic rings. The van der Waals surface area contributed by atoms with Gasteiger partial charge < -0.3 is 9.72 Å². The number of carbonyl (C=O) groups is 1. The fourth-order valence-electron chi connectivity index (χ4n) is 1.95. The van der Waals surface area contributed by atoms with Crippen molar-refractivity contribution in [3.63, 3.8) is 0 Å². The fourth-order valence-corrected chi connectivity index (χ4v) is 2.18. The van der Waals surface area contributed by atoms with Crippen molar-refractivity contribution in [3.05, 3.63) is 73.8 Å². The number of aromatic nitrogens is 2. The number of hydrogen-bond donors (Lipinski definition) is 1. The molecule has 0 saturated carbocycles. The van der Waals surface area contributed by atoms with Crippen LogP contribution in [0.1, 0.15) is 16.1 Å². The van der Waals surface area contributed by atoms with Crippen LogP contribution in [0.25, 0.3) is 5.69 Å². The zero-order valence-corrected chi connectivity index (χ0v) is 13.4. The highest BCUT2D eigenvalue weighted by atomic mass is 35.5. The highest BCUT2D eigenvalue weighted by Gasteiger charge is 2.33. The molecule has 11 heteroatoms. The standard InChI is InChI=1S/C15H9ClF4N2O4/c1-2-3-26-13(24)7-4-10(9(17)5-8(7)16)22-12(23)6-11(15(18,19)20)21-14(22)25/h2,4-6H,1,3H2,(H,21,25). The van der Waals surface area contributed by atoms with Crippen molar-refractivity contribution < 1.29 is 27.1 Å². The number of hydrogen-bond acceptors (Lipinski definition) is 4. The summed E-state index contributed by atoms with van der Waals surface area (Å²) < 4.78 is 56.8. The second-order valence-corrected chi connectivity index (χ2v) is 5.24. The van der Waals surface area contributed by atoms with E-state index >= 15 is 0 Å². The van der Waals surface area contributed by atoms with Crippen LogP contribution in [0.4, 0.5) is 17.6 Å². The molecule has 0 bridgehead atoms. The number of nitrogens with one attached hydrogen (secondary N) is 1. The Bertz CT molecular complexity index is 963. The molecule has 0 fully saturated rings. The van der Waals surface area contributed by atoms with Gasteiger partial charge in [-0.3, -0.25) is 4.79 Å². The molecule has 0 aliphatic heterocycles. The van der Waals surface area contributed by atoms with Gasteiger partial charge in [0.05, 0.1) is 16.3 Å². The first-order valence-corrected chi connectivity index (χ1v) is 7.15. The lowest BCUT2D eigenvalue weighted by atomic mass is 10.2. The first kappa shape index (κ1) is 19.4. The number of carbonyl (C=O) groups excluding carboxylic acids is 1. The number of esters is 1. The molecular weight excluding hydrogens is 384 g/mol. The summed E-state index contributed by atoms with van der Waals surface area (Å²) in [6, 6.07) is 1.45. The van der Waals surface area contributed by atoms with E-state index in [0.29, 0.717) is 6.07 Å². The zero-order valence-electron chi connectivity index (χ0n) is 12.7. The third-order valence-electron chi connectivity index (χ3n) is 3.07. The summed E-state index contributed by atoms with van der Waals surface area (Å²) in [6.07, 6.45) is -3.73. The predicted octanol–water partition coefficient (Wildman–Crippen LogP) is 2.68. The van der Waals surface area contributed by atoms with Crippen LogP contribution in [-0.2, 0) is 10.9 Å². The lowest BCUT2D eigenvalue weighted by Crippen LogP contribution is -2.36. The maximum Gasteiger partial charge on any atom is 0.431 e. The summed E-state index contributed by atoms with van der Waals surface area (Å²) >= 11 is 5.74. The molecule has 138 valence electrons. The van der Waals surface area contributed by atoms with Crippen molar-refractivity contribution in [3.8, 4) is 5.69 Å². The quantitative estimate of drug-likeness (QED) is 0.493. The average Bonchev–Trinajstić information content (AvgIpc) is 2.52. The van der Waals surface area contributed by atoms with Gasteiger partial charge in [0.15, 0.2) is 0 Å². The molecule has 1 aromatic heterocycles. The van der Waals surface area contributed by atoms with E-state index in [-0.39, 0.29) is 22.3 Å². The Morgan fingerprint density at radius 3 is 2.50 bits per heavy atom. The van der Waals surface area contributed by atoms with Crippen LogP contribution in [0.15, 0.2) is 40.4 Å². The van der Waals surface area contributed by atoms with E-state index in [1.54, 1.807) is 0 Å². The topological polar surface area (TPSA) is 81.2 Å². The van der Waals surface area contributed by atoms with Gasteiger partial charge >= 0.3 is 17.8 Å². The largest absolute Gasteiger partial charge is 0.458 e. The molecule has 0 aliphatic carbocycles. The third kappa shape index (κ3) is 3.85. The number of H-pyrrole nitrogens is 1. The zero-order chi connectivity index (χ0) is 19.6. The minimum Gasteiger partial charge on any atom is -0.458 e. The maximum atomic E-state index is 14.1. The van der Waals surface area contributed by atoms with Crippen LogP contribution in [0, 0.1) is 5.82 Å². The second kappa shape index (κ2) is 7.16. The molecule has 0 amide bonds. The molecule has 1 heterocycles. The highest BCUT2D eigenvalue weighted by molar-refractivity contribution is 6.33. The number of alkyl halides is 3. The summed E-state index contributed by atoms with van der Waals surface area (Å²) in [5.74, 6) is -2.21. The highest BCUT2D eigenvalue weighted by Crippen LogP contribution is 2.26. The van der Waals surface area contributed by atoms with E-state index < -0.39 is 46.2 Å². The summed E-state index contributed by atoms with van der Waals surface area (Å²) in [5.41, 5.74) is -5.75. The van der Waals surface area contributed by atoms with Gasteiger partial charge in [-0.2, -0.15) is 13.2 Å². The van der Waals surface area contributed by atoms with Crippen LogP contribution in [-0.4, -0.2) is 22.1 Å². The van der Waals surface area contributed by atoms with Crippen molar-refractivity contribution in [2.24, 2.45) is 0 Å². The van der Waals surface area contributed by atoms with Crippen LogP contribution in [0.3, 0.4) is 0 Å². The van der Waals surface area contributed by atoms with E-state index in [4.69, 9.17) is 16.3 Å². The van der Waals surface area contributed by atoms with Gasteiger partial charge in [0.1, 0.15) is 18.1 Å². The molecule has 0 saturated heterocycles. The van der Waals surface area contributed by atoms with E-state index in [1.807, 2.05) is 0 Å². The molecule has 1 aromatic carbocycles. The maximum absolute atomic E-state index is 14.1. The van der Waals surface area contributed by atoms with Crippen molar-refractivity contribution in [2.45, 2.75) is 6.18 Å².